The number of likely N-dealkylation sites (N-methyl/N-ethyl adjacent to an activating group) is 1. The molecular weight excluding hydrogens is 224 g/mol. The zero-order valence-corrected chi connectivity index (χ0v) is 11.7. The van der Waals surface area contributed by atoms with Crippen LogP contribution in [0.4, 0.5) is 0 Å². The normalized spacial score (nSPS) is 21.0. The zero-order chi connectivity index (χ0) is 13.3. The van der Waals surface area contributed by atoms with E-state index in [1.54, 1.807) is 0 Å². The first-order chi connectivity index (χ1) is 8.50. The molecule has 1 fully saturated rings. The second-order valence-electron chi connectivity index (χ2n) is 5.29. The molecule has 0 bridgehead atoms. The van der Waals surface area contributed by atoms with Crippen LogP contribution in [0.1, 0.15) is 34.7 Å². The van der Waals surface area contributed by atoms with Crippen LogP contribution in [0, 0.1) is 20.8 Å². The molecule has 2 rings (SSSR count). The summed E-state index contributed by atoms with van der Waals surface area (Å²) in [7, 11) is 1.92. The molecule has 0 spiro atoms. The van der Waals surface area contributed by atoms with Gasteiger partial charge < -0.3 is 10.2 Å². The van der Waals surface area contributed by atoms with Crippen molar-refractivity contribution in [3.63, 3.8) is 0 Å². The molecule has 1 amide bonds. The van der Waals surface area contributed by atoms with Crippen molar-refractivity contribution in [1.82, 2.24) is 10.2 Å². The maximum Gasteiger partial charge on any atom is 0.224 e. The number of hydrogen-bond donors (Lipinski definition) is 1. The van der Waals surface area contributed by atoms with E-state index in [0.717, 1.165) is 13.1 Å². The van der Waals surface area contributed by atoms with Crippen LogP contribution in [0.2, 0.25) is 0 Å². The van der Waals surface area contributed by atoms with Gasteiger partial charge in [0.15, 0.2) is 0 Å². The van der Waals surface area contributed by atoms with E-state index in [1.807, 2.05) is 11.9 Å². The van der Waals surface area contributed by atoms with Crippen molar-refractivity contribution in [2.75, 3.05) is 20.1 Å². The Kier molecular flexibility index (Phi) is 3.71. The molecule has 18 heavy (non-hydrogen) atoms. The van der Waals surface area contributed by atoms with Gasteiger partial charge in [0, 0.05) is 26.6 Å². The summed E-state index contributed by atoms with van der Waals surface area (Å²) in [6.07, 6.45) is 0.594. The van der Waals surface area contributed by atoms with Gasteiger partial charge in [0.1, 0.15) is 0 Å². The molecule has 0 saturated carbocycles. The molecule has 3 nitrogen and oxygen atoms in total. The third-order valence-electron chi connectivity index (χ3n) is 3.79. The lowest BCUT2D eigenvalue weighted by molar-refractivity contribution is -0.131. The number of nitrogens with zero attached hydrogens (tertiary/aromatic N) is 1. The molecule has 1 aliphatic heterocycles. The Bertz CT molecular complexity index is 445. The van der Waals surface area contributed by atoms with Gasteiger partial charge in [0.05, 0.1) is 6.04 Å². The van der Waals surface area contributed by atoms with Crippen molar-refractivity contribution in [1.29, 1.82) is 0 Å². The average Bonchev–Trinajstić information content (AvgIpc) is 2.43. The lowest BCUT2D eigenvalue weighted by Gasteiger charge is -2.29. The molecule has 1 atom stereocenters. The summed E-state index contributed by atoms with van der Waals surface area (Å²) in [6, 6.07) is 4.55. The minimum atomic E-state index is 0.153. The van der Waals surface area contributed by atoms with Crippen LogP contribution >= 0.6 is 0 Å². The molecular formula is C15H22N2O. The van der Waals surface area contributed by atoms with E-state index < -0.39 is 0 Å². The minimum absolute atomic E-state index is 0.153. The third-order valence-corrected chi connectivity index (χ3v) is 3.79. The van der Waals surface area contributed by atoms with Crippen LogP contribution in [0.3, 0.4) is 0 Å². The molecule has 1 unspecified atom stereocenters. The summed E-state index contributed by atoms with van der Waals surface area (Å²) in [5.41, 5.74) is 5.14. The van der Waals surface area contributed by atoms with E-state index in [9.17, 15) is 4.79 Å². The highest BCUT2D eigenvalue weighted by molar-refractivity contribution is 5.77. The van der Waals surface area contributed by atoms with Crippen molar-refractivity contribution < 1.29 is 4.79 Å². The fourth-order valence-electron chi connectivity index (χ4n) is 2.93. The number of hydrogen-bond acceptors (Lipinski definition) is 2. The topological polar surface area (TPSA) is 32.3 Å². The number of carbonyl (C=O) groups is 1. The van der Waals surface area contributed by atoms with Gasteiger partial charge in [0.2, 0.25) is 5.91 Å². The van der Waals surface area contributed by atoms with E-state index in [1.165, 1.54) is 22.3 Å². The number of rotatable bonds is 1. The molecule has 1 saturated heterocycles. The largest absolute Gasteiger partial charge is 0.337 e. The molecule has 3 heteroatoms. The molecule has 98 valence electrons. The summed E-state index contributed by atoms with van der Waals surface area (Å²) < 4.78 is 0. The van der Waals surface area contributed by atoms with Crippen molar-refractivity contribution in [2.45, 2.75) is 33.2 Å². The van der Waals surface area contributed by atoms with Crippen LogP contribution in [0.15, 0.2) is 12.1 Å². The summed E-state index contributed by atoms with van der Waals surface area (Å²) in [5.74, 6) is 0.226. The number of carbonyl (C=O) groups excluding carboxylic acids is 1. The molecule has 1 N–H and O–H groups in total. The van der Waals surface area contributed by atoms with Crippen LogP contribution in [0.25, 0.3) is 0 Å². The Labute approximate surface area is 109 Å². The number of benzene rings is 1. The molecule has 0 aromatic heterocycles. The second-order valence-corrected chi connectivity index (χ2v) is 5.29. The first kappa shape index (κ1) is 13.1. The van der Waals surface area contributed by atoms with E-state index in [0.29, 0.717) is 6.42 Å². The summed E-state index contributed by atoms with van der Waals surface area (Å²) in [4.78, 5) is 13.9. The van der Waals surface area contributed by atoms with E-state index in [2.05, 4.69) is 38.2 Å². The second kappa shape index (κ2) is 5.11. The Hall–Kier alpha value is -1.35. The van der Waals surface area contributed by atoms with Crippen molar-refractivity contribution in [2.24, 2.45) is 0 Å². The molecule has 1 aromatic carbocycles. The van der Waals surface area contributed by atoms with Gasteiger partial charge in [-0.2, -0.15) is 0 Å². The average molecular weight is 246 g/mol. The van der Waals surface area contributed by atoms with Gasteiger partial charge in [-0.3, -0.25) is 4.79 Å². The molecule has 0 radical (unpaired) electrons. The third kappa shape index (κ3) is 2.41. The first-order valence-corrected chi connectivity index (χ1v) is 6.55. The van der Waals surface area contributed by atoms with Crippen molar-refractivity contribution >= 4 is 5.91 Å². The Morgan fingerprint density at radius 3 is 2.44 bits per heavy atom. The predicted octanol–water partition coefficient (Wildman–Crippen LogP) is 2.10. The minimum Gasteiger partial charge on any atom is -0.337 e. The van der Waals surface area contributed by atoms with E-state index >= 15 is 0 Å². The van der Waals surface area contributed by atoms with E-state index in [4.69, 9.17) is 0 Å². The van der Waals surface area contributed by atoms with Crippen LogP contribution < -0.4 is 5.32 Å². The van der Waals surface area contributed by atoms with Crippen LogP contribution in [-0.4, -0.2) is 30.9 Å². The highest BCUT2D eigenvalue weighted by atomic mass is 16.2. The van der Waals surface area contributed by atoms with Crippen LogP contribution in [0.5, 0.6) is 0 Å². The van der Waals surface area contributed by atoms with Gasteiger partial charge in [0.25, 0.3) is 0 Å². The van der Waals surface area contributed by atoms with Gasteiger partial charge in [-0.25, -0.2) is 0 Å². The molecule has 0 aliphatic carbocycles. The lowest BCUT2D eigenvalue weighted by Crippen LogP contribution is -2.33. The lowest BCUT2D eigenvalue weighted by atomic mass is 9.93. The SMILES string of the molecule is Cc1cc(C)c(C2CNCCC(=O)N2C)c(C)c1. The van der Waals surface area contributed by atoms with Gasteiger partial charge in [-0.15, -0.1) is 0 Å². The Balaban J connectivity index is 2.43. The molecule has 1 heterocycles. The Morgan fingerprint density at radius 2 is 1.83 bits per heavy atom. The first-order valence-electron chi connectivity index (χ1n) is 6.55. The smallest absolute Gasteiger partial charge is 0.224 e. The monoisotopic (exact) mass is 246 g/mol. The number of aryl methyl sites for hydroxylation is 3. The summed E-state index contributed by atoms with van der Waals surface area (Å²) in [5, 5.41) is 3.36. The summed E-state index contributed by atoms with van der Waals surface area (Å²) in [6.45, 7) is 8.01. The fraction of sp³-hybridized carbons (Fsp3) is 0.533. The van der Waals surface area contributed by atoms with Gasteiger partial charge in [-0.05, 0) is 37.5 Å². The highest BCUT2D eigenvalue weighted by Crippen LogP contribution is 2.28. The van der Waals surface area contributed by atoms with Gasteiger partial charge >= 0.3 is 0 Å². The highest BCUT2D eigenvalue weighted by Gasteiger charge is 2.26. The quantitative estimate of drug-likeness (QED) is 0.823. The molecule has 1 aromatic rings. The van der Waals surface area contributed by atoms with Crippen LogP contribution in [-0.2, 0) is 4.79 Å². The number of nitrogens with one attached hydrogen (secondary N) is 1. The summed E-state index contributed by atoms with van der Waals surface area (Å²) >= 11 is 0. The fourth-order valence-corrected chi connectivity index (χ4v) is 2.93. The number of amides is 1. The van der Waals surface area contributed by atoms with Crippen molar-refractivity contribution in [3.8, 4) is 0 Å². The standard InChI is InChI=1S/C15H22N2O/c1-10-7-11(2)15(12(3)8-10)13-9-16-6-5-14(18)17(13)4/h7-8,13,16H,5-6,9H2,1-4H3. The maximum absolute atomic E-state index is 12.0. The van der Waals surface area contributed by atoms with E-state index in [-0.39, 0.29) is 11.9 Å². The zero-order valence-electron chi connectivity index (χ0n) is 11.7. The predicted molar refractivity (Wildman–Crippen MR) is 73.7 cm³/mol. The Morgan fingerprint density at radius 1 is 1.22 bits per heavy atom. The van der Waals surface area contributed by atoms with Gasteiger partial charge in [-0.1, -0.05) is 17.7 Å². The maximum atomic E-state index is 12.0. The molecule has 1 aliphatic rings. The van der Waals surface area contributed by atoms with Crippen molar-refractivity contribution in [3.05, 3.63) is 34.4 Å².